The van der Waals surface area contributed by atoms with Gasteiger partial charge in [-0.1, -0.05) is 29.8 Å². The van der Waals surface area contributed by atoms with Gasteiger partial charge in [0.25, 0.3) is 0 Å². The highest BCUT2D eigenvalue weighted by molar-refractivity contribution is 14.0. The number of guanidine groups is 1. The number of amides is 1. The summed E-state index contributed by atoms with van der Waals surface area (Å²) in [5.74, 6) is 0.801. The molecule has 1 unspecified atom stereocenters. The van der Waals surface area contributed by atoms with Gasteiger partial charge in [0.15, 0.2) is 5.96 Å². The van der Waals surface area contributed by atoms with E-state index in [-0.39, 0.29) is 29.9 Å². The molecule has 0 radical (unpaired) electrons. The number of aryl methyl sites for hydroxylation is 1. The molecule has 1 amide bonds. The molecule has 3 rings (SSSR count). The Balaban J connectivity index is 0.00000385. The summed E-state index contributed by atoms with van der Waals surface area (Å²) in [5, 5.41) is 9.89. The summed E-state index contributed by atoms with van der Waals surface area (Å²) >= 11 is 0. The minimum atomic E-state index is -0.0231. The molecule has 180 valence electrons. The third kappa shape index (κ3) is 8.85. The van der Waals surface area contributed by atoms with Gasteiger partial charge in [0, 0.05) is 37.1 Å². The molecule has 3 N–H and O–H groups in total. The summed E-state index contributed by atoms with van der Waals surface area (Å²) < 4.78 is 0. The maximum atomic E-state index is 12.0. The fourth-order valence-corrected chi connectivity index (χ4v) is 3.79. The molecule has 2 aromatic rings. The van der Waals surface area contributed by atoms with Crippen molar-refractivity contribution in [3.8, 4) is 0 Å². The Bertz CT molecular complexity index is 915. The van der Waals surface area contributed by atoms with Gasteiger partial charge in [0.1, 0.15) is 0 Å². The number of aliphatic imine (C=N–C) groups is 1. The Morgan fingerprint density at radius 1 is 1.18 bits per heavy atom. The molecule has 8 heteroatoms. The van der Waals surface area contributed by atoms with Gasteiger partial charge in [-0.25, -0.2) is 4.99 Å². The zero-order chi connectivity index (χ0) is 22.9. The second kappa shape index (κ2) is 13.4. The number of carbonyl (C=O) groups is 1. The van der Waals surface area contributed by atoms with Gasteiger partial charge in [-0.3, -0.25) is 4.79 Å². The van der Waals surface area contributed by atoms with E-state index in [1.807, 2.05) is 43.3 Å². The van der Waals surface area contributed by atoms with Crippen LogP contribution in [-0.2, 0) is 11.3 Å². The van der Waals surface area contributed by atoms with Crippen molar-refractivity contribution in [2.24, 2.45) is 4.99 Å². The molecule has 0 aliphatic carbocycles. The lowest BCUT2D eigenvalue weighted by molar-refractivity contribution is -0.116. The molecule has 0 bridgehead atoms. The SMILES string of the molecule is CCNC(=NCc1cccc(NC(=O)CN(C)C)c1)NC1CCN(c2ccc(C)cc2)C1.I. The van der Waals surface area contributed by atoms with Crippen LogP contribution in [0.2, 0.25) is 0 Å². The van der Waals surface area contributed by atoms with Crippen LogP contribution in [0.1, 0.15) is 24.5 Å². The van der Waals surface area contributed by atoms with E-state index in [2.05, 4.69) is 59.0 Å². The summed E-state index contributed by atoms with van der Waals surface area (Å²) in [6.45, 7) is 7.89. The molecule has 2 aromatic carbocycles. The van der Waals surface area contributed by atoms with Crippen LogP contribution in [0.5, 0.6) is 0 Å². The molecule has 33 heavy (non-hydrogen) atoms. The van der Waals surface area contributed by atoms with Gasteiger partial charge in [-0.2, -0.15) is 0 Å². The van der Waals surface area contributed by atoms with Gasteiger partial charge in [0.05, 0.1) is 13.1 Å². The molecule has 1 heterocycles. The van der Waals surface area contributed by atoms with E-state index in [0.717, 1.165) is 43.3 Å². The summed E-state index contributed by atoms with van der Waals surface area (Å²) in [4.78, 5) is 21.1. The molecular weight excluding hydrogens is 527 g/mol. The van der Waals surface area contributed by atoms with E-state index < -0.39 is 0 Å². The zero-order valence-electron chi connectivity index (χ0n) is 20.1. The Morgan fingerprint density at radius 2 is 1.94 bits per heavy atom. The Hall–Kier alpha value is -2.33. The van der Waals surface area contributed by atoms with Crippen molar-refractivity contribution < 1.29 is 4.79 Å². The molecule has 1 aliphatic heterocycles. The number of likely N-dealkylation sites (N-methyl/N-ethyl adjacent to an activating group) is 1. The lowest BCUT2D eigenvalue weighted by atomic mass is 10.2. The fourth-order valence-electron chi connectivity index (χ4n) is 3.79. The van der Waals surface area contributed by atoms with Crippen molar-refractivity contribution in [3.63, 3.8) is 0 Å². The monoisotopic (exact) mass is 564 g/mol. The van der Waals surface area contributed by atoms with E-state index in [1.54, 1.807) is 0 Å². The second-order valence-electron chi connectivity index (χ2n) is 8.59. The van der Waals surface area contributed by atoms with E-state index >= 15 is 0 Å². The number of nitrogens with zero attached hydrogens (tertiary/aromatic N) is 3. The number of rotatable bonds is 8. The number of anilines is 2. The highest BCUT2D eigenvalue weighted by Gasteiger charge is 2.23. The number of nitrogens with one attached hydrogen (secondary N) is 3. The van der Waals surface area contributed by atoms with Crippen LogP contribution in [0.15, 0.2) is 53.5 Å². The first kappa shape index (κ1) is 26.9. The number of carbonyl (C=O) groups excluding carboxylic acids is 1. The van der Waals surface area contributed by atoms with Gasteiger partial charge in [-0.15, -0.1) is 24.0 Å². The molecule has 1 fully saturated rings. The van der Waals surface area contributed by atoms with Crippen molar-refractivity contribution >= 4 is 47.2 Å². The molecular formula is C25H37IN6O. The van der Waals surface area contributed by atoms with E-state index in [4.69, 9.17) is 4.99 Å². The Labute approximate surface area is 215 Å². The van der Waals surface area contributed by atoms with Crippen LogP contribution in [0.3, 0.4) is 0 Å². The molecule has 0 saturated carbocycles. The topological polar surface area (TPSA) is 72.0 Å². The molecule has 1 atom stereocenters. The zero-order valence-corrected chi connectivity index (χ0v) is 22.4. The average molecular weight is 565 g/mol. The maximum Gasteiger partial charge on any atom is 0.238 e. The smallest absolute Gasteiger partial charge is 0.238 e. The van der Waals surface area contributed by atoms with Gasteiger partial charge >= 0.3 is 0 Å². The van der Waals surface area contributed by atoms with E-state index in [1.165, 1.54) is 11.3 Å². The van der Waals surface area contributed by atoms with Crippen LogP contribution >= 0.6 is 24.0 Å². The lowest BCUT2D eigenvalue weighted by Gasteiger charge is -2.20. The van der Waals surface area contributed by atoms with Crippen molar-refractivity contribution in [1.82, 2.24) is 15.5 Å². The van der Waals surface area contributed by atoms with Crippen LogP contribution in [-0.4, -0.2) is 63.1 Å². The average Bonchev–Trinajstić information content (AvgIpc) is 3.21. The predicted molar refractivity (Wildman–Crippen MR) is 149 cm³/mol. The highest BCUT2D eigenvalue weighted by atomic mass is 127. The number of hydrogen-bond donors (Lipinski definition) is 3. The first-order chi connectivity index (χ1) is 15.4. The van der Waals surface area contributed by atoms with Gasteiger partial charge in [0.2, 0.25) is 5.91 Å². The fraction of sp³-hybridized carbons (Fsp3) is 0.440. The predicted octanol–water partition coefficient (Wildman–Crippen LogP) is 3.45. The standard InChI is InChI=1S/C25H36N6O.HI/c1-5-26-25(29-22-13-14-31(17-22)23-11-9-19(2)10-12-23)27-16-20-7-6-8-21(15-20)28-24(32)18-30(3)4;/h6-12,15,22H,5,13-14,16-18H2,1-4H3,(H,28,32)(H2,26,27,29);1H. The van der Waals surface area contributed by atoms with Crippen molar-refractivity contribution in [2.75, 3.05) is 50.5 Å². The molecule has 0 aromatic heterocycles. The number of hydrogen-bond acceptors (Lipinski definition) is 4. The van der Waals surface area contributed by atoms with Gasteiger partial charge in [-0.05, 0) is 64.2 Å². The first-order valence-corrected chi connectivity index (χ1v) is 11.3. The quantitative estimate of drug-likeness (QED) is 0.261. The highest BCUT2D eigenvalue weighted by Crippen LogP contribution is 2.20. The van der Waals surface area contributed by atoms with Crippen molar-refractivity contribution in [2.45, 2.75) is 32.9 Å². The molecule has 7 nitrogen and oxygen atoms in total. The van der Waals surface area contributed by atoms with Crippen LogP contribution in [0.4, 0.5) is 11.4 Å². The molecule has 0 spiro atoms. The van der Waals surface area contributed by atoms with E-state index in [9.17, 15) is 4.79 Å². The molecule has 1 saturated heterocycles. The number of halogens is 1. The van der Waals surface area contributed by atoms with Crippen molar-refractivity contribution in [3.05, 3.63) is 59.7 Å². The summed E-state index contributed by atoms with van der Waals surface area (Å²) in [6.07, 6.45) is 1.08. The third-order valence-electron chi connectivity index (χ3n) is 5.36. The summed E-state index contributed by atoms with van der Waals surface area (Å²) in [5.41, 5.74) is 4.41. The third-order valence-corrected chi connectivity index (χ3v) is 5.36. The lowest BCUT2D eigenvalue weighted by Crippen LogP contribution is -2.44. The van der Waals surface area contributed by atoms with Crippen LogP contribution in [0, 0.1) is 6.92 Å². The largest absolute Gasteiger partial charge is 0.369 e. The number of benzene rings is 2. The first-order valence-electron chi connectivity index (χ1n) is 11.3. The van der Waals surface area contributed by atoms with Crippen molar-refractivity contribution in [1.29, 1.82) is 0 Å². The minimum Gasteiger partial charge on any atom is -0.369 e. The van der Waals surface area contributed by atoms with Crippen LogP contribution < -0.4 is 20.9 Å². The normalized spacial score (nSPS) is 15.8. The second-order valence-corrected chi connectivity index (χ2v) is 8.59. The summed E-state index contributed by atoms with van der Waals surface area (Å²) in [6, 6.07) is 16.9. The minimum absolute atomic E-state index is 0. The summed E-state index contributed by atoms with van der Waals surface area (Å²) in [7, 11) is 3.76. The van der Waals surface area contributed by atoms with Crippen LogP contribution in [0.25, 0.3) is 0 Å². The maximum absolute atomic E-state index is 12.0. The van der Waals surface area contributed by atoms with Gasteiger partial charge < -0.3 is 25.8 Å². The van der Waals surface area contributed by atoms with E-state index in [0.29, 0.717) is 19.1 Å². The Kier molecular flexibility index (Phi) is 10.9. The molecule has 1 aliphatic rings. The Morgan fingerprint density at radius 3 is 2.64 bits per heavy atom.